The Morgan fingerprint density at radius 1 is 1.30 bits per heavy atom. The first-order valence-electron chi connectivity index (χ1n) is 8.04. The Morgan fingerprint density at radius 3 is 2.43 bits per heavy atom. The molecule has 0 unspecified atom stereocenters. The van der Waals surface area contributed by atoms with Crippen LogP contribution >= 0.6 is 0 Å². The van der Waals surface area contributed by atoms with E-state index < -0.39 is 11.9 Å². The lowest BCUT2D eigenvalue weighted by Gasteiger charge is -2.20. The van der Waals surface area contributed by atoms with Gasteiger partial charge in [-0.05, 0) is 23.0 Å². The number of hydrogen-bond donors (Lipinski definition) is 2. The maximum absolute atomic E-state index is 12.1. The summed E-state index contributed by atoms with van der Waals surface area (Å²) in [6.07, 6.45) is 1.09. The molecule has 3 N–H and O–H groups in total. The summed E-state index contributed by atoms with van der Waals surface area (Å²) in [6, 6.07) is 7.39. The number of ether oxygens (including phenoxy) is 1. The highest BCUT2D eigenvalue weighted by molar-refractivity contribution is 5.87. The second-order valence-corrected chi connectivity index (χ2v) is 7.18. The fourth-order valence-electron chi connectivity index (χ4n) is 2.63. The molecule has 126 valence electrons. The lowest BCUT2D eigenvalue weighted by Crippen LogP contribution is -2.48. The van der Waals surface area contributed by atoms with Crippen LogP contribution in [0.1, 0.15) is 38.3 Å². The van der Waals surface area contributed by atoms with E-state index in [0.717, 1.165) is 5.56 Å². The van der Waals surface area contributed by atoms with Crippen molar-refractivity contribution in [3.05, 3.63) is 35.4 Å². The number of nitrogens with two attached hydrogens (primary N) is 1. The van der Waals surface area contributed by atoms with Crippen LogP contribution in [0.15, 0.2) is 24.3 Å². The average molecular weight is 318 g/mol. The molecule has 1 aromatic rings. The van der Waals surface area contributed by atoms with Crippen molar-refractivity contribution in [3.8, 4) is 0 Å². The monoisotopic (exact) mass is 318 g/mol. The first-order chi connectivity index (χ1) is 10.8. The number of benzene rings is 1. The highest BCUT2D eigenvalue weighted by Gasteiger charge is 2.27. The van der Waals surface area contributed by atoms with Gasteiger partial charge in [0.25, 0.3) is 0 Å². The van der Waals surface area contributed by atoms with E-state index in [2.05, 4.69) is 38.2 Å². The zero-order valence-corrected chi connectivity index (χ0v) is 14.1. The Bertz CT molecular complexity index is 555. The third-order valence-corrected chi connectivity index (χ3v) is 4.22. The van der Waals surface area contributed by atoms with E-state index in [-0.39, 0.29) is 17.2 Å². The van der Waals surface area contributed by atoms with Crippen LogP contribution in [0.5, 0.6) is 0 Å². The van der Waals surface area contributed by atoms with Crippen LogP contribution in [0.2, 0.25) is 0 Å². The van der Waals surface area contributed by atoms with Crippen LogP contribution in [0.3, 0.4) is 0 Å². The van der Waals surface area contributed by atoms with Crippen LogP contribution in [-0.4, -0.2) is 31.1 Å². The number of hydrogen-bond acceptors (Lipinski definition) is 3. The molecule has 0 aliphatic carbocycles. The third kappa shape index (κ3) is 4.79. The molecular weight excluding hydrogens is 292 g/mol. The van der Waals surface area contributed by atoms with E-state index in [1.54, 1.807) is 0 Å². The average Bonchev–Trinajstić information content (AvgIpc) is 3.00. The van der Waals surface area contributed by atoms with Crippen LogP contribution in [0, 0.1) is 5.92 Å². The number of nitrogens with one attached hydrogen (secondary N) is 1. The summed E-state index contributed by atoms with van der Waals surface area (Å²) in [5.41, 5.74) is 7.73. The highest BCUT2D eigenvalue weighted by atomic mass is 16.5. The van der Waals surface area contributed by atoms with Gasteiger partial charge in [0.2, 0.25) is 11.8 Å². The summed E-state index contributed by atoms with van der Waals surface area (Å²) in [5.74, 6) is -0.852. The summed E-state index contributed by atoms with van der Waals surface area (Å²) in [4.78, 5) is 23.8. The molecular formula is C18H26N2O3. The molecule has 2 atom stereocenters. The number of rotatable bonds is 5. The molecule has 1 aliphatic rings. The van der Waals surface area contributed by atoms with Crippen LogP contribution < -0.4 is 11.1 Å². The SMILES string of the molecule is CC(C)(C)c1ccc(C[C@H](NC(=O)[C@H]2CCOC2)C(N)=O)cc1. The minimum Gasteiger partial charge on any atom is -0.381 e. The van der Waals surface area contributed by atoms with E-state index >= 15 is 0 Å². The van der Waals surface area contributed by atoms with Crippen molar-refractivity contribution in [1.82, 2.24) is 5.32 Å². The topological polar surface area (TPSA) is 81.4 Å². The lowest BCUT2D eigenvalue weighted by atomic mass is 9.86. The van der Waals surface area contributed by atoms with E-state index in [4.69, 9.17) is 10.5 Å². The molecule has 0 aromatic heterocycles. The van der Waals surface area contributed by atoms with Gasteiger partial charge in [0.1, 0.15) is 6.04 Å². The number of carbonyl (C=O) groups is 2. The molecule has 0 bridgehead atoms. The van der Waals surface area contributed by atoms with Crippen molar-refractivity contribution in [3.63, 3.8) is 0 Å². The molecule has 1 heterocycles. The summed E-state index contributed by atoms with van der Waals surface area (Å²) in [6.45, 7) is 7.46. The zero-order chi connectivity index (χ0) is 17.0. The molecule has 2 rings (SSSR count). The van der Waals surface area contributed by atoms with Crippen LogP contribution in [0.25, 0.3) is 0 Å². The third-order valence-electron chi connectivity index (χ3n) is 4.22. The lowest BCUT2D eigenvalue weighted by molar-refractivity contribution is -0.129. The maximum atomic E-state index is 12.1. The van der Waals surface area contributed by atoms with Gasteiger partial charge >= 0.3 is 0 Å². The van der Waals surface area contributed by atoms with E-state index in [0.29, 0.717) is 26.1 Å². The minimum absolute atomic E-state index is 0.0817. The predicted octanol–water partition coefficient (Wildman–Crippen LogP) is 1.53. The van der Waals surface area contributed by atoms with Gasteiger partial charge in [-0.1, -0.05) is 45.0 Å². The quantitative estimate of drug-likeness (QED) is 0.864. The molecule has 5 nitrogen and oxygen atoms in total. The van der Waals surface area contributed by atoms with E-state index in [9.17, 15) is 9.59 Å². The van der Waals surface area contributed by atoms with Crippen molar-refractivity contribution in [1.29, 1.82) is 0 Å². The Hall–Kier alpha value is -1.88. The van der Waals surface area contributed by atoms with Crippen molar-refractivity contribution in [2.75, 3.05) is 13.2 Å². The minimum atomic E-state index is -0.691. The second-order valence-electron chi connectivity index (χ2n) is 7.18. The highest BCUT2D eigenvalue weighted by Crippen LogP contribution is 2.22. The van der Waals surface area contributed by atoms with Crippen LogP contribution in [-0.2, 0) is 26.2 Å². The van der Waals surface area contributed by atoms with E-state index in [1.807, 2.05) is 12.1 Å². The zero-order valence-electron chi connectivity index (χ0n) is 14.1. The standard InChI is InChI=1S/C18H26N2O3/c1-18(2,3)14-6-4-12(5-7-14)10-15(16(19)21)20-17(22)13-8-9-23-11-13/h4-7,13,15H,8-11H2,1-3H3,(H2,19,21)(H,20,22)/t13-,15-/m0/s1. The molecule has 5 heteroatoms. The van der Waals surface area contributed by atoms with Crippen molar-refractivity contribution < 1.29 is 14.3 Å². The fourth-order valence-corrected chi connectivity index (χ4v) is 2.63. The first kappa shape index (κ1) is 17.5. The van der Waals surface area contributed by atoms with Crippen molar-refractivity contribution in [2.24, 2.45) is 11.7 Å². The van der Waals surface area contributed by atoms with Gasteiger partial charge in [-0.15, -0.1) is 0 Å². The first-order valence-corrected chi connectivity index (χ1v) is 8.04. The number of primary amides is 1. The van der Waals surface area contributed by atoms with Crippen LogP contribution in [0.4, 0.5) is 0 Å². The normalized spacial score (nSPS) is 19.3. The summed E-state index contributed by atoms with van der Waals surface area (Å²) < 4.78 is 5.21. The molecule has 1 aromatic carbocycles. The summed E-state index contributed by atoms with van der Waals surface area (Å²) in [7, 11) is 0. The molecule has 0 saturated carbocycles. The predicted molar refractivity (Wildman–Crippen MR) is 88.9 cm³/mol. The van der Waals surface area contributed by atoms with E-state index in [1.165, 1.54) is 5.56 Å². The molecule has 2 amide bonds. The Kier molecular flexibility index (Phi) is 5.42. The van der Waals surface area contributed by atoms with Gasteiger partial charge in [0.15, 0.2) is 0 Å². The molecule has 23 heavy (non-hydrogen) atoms. The second kappa shape index (κ2) is 7.13. The maximum Gasteiger partial charge on any atom is 0.240 e. The van der Waals surface area contributed by atoms with Gasteiger partial charge in [-0.25, -0.2) is 0 Å². The molecule has 1 saturated heterocycles. The van der Waals surface area contributed by atoms with Gasteiger partial charge in [-0.2, -0.15) is 0 Å². The summed E-state index contributed by atoms with van der Waals surface area (Å²) in [5, 5.41) is 2.76. The van der Waals surface area contributed by atoms with Crippen molar-refractivity contribution in [2.45, 2.75) is 45.1 Å². The van der Waals surface area contributed by atoms with Gasteiger partial charge < -0.3 is 15.8 Å². The van der Waals surface area contributed by atoms with Gasteiger partial charge in [0, 0.05) is 13.0 Å². The fraction of sp³-hybridized carbons (Fsp3) is 0.556. The Labute approximate surface area is 137 Å². The molecule has 0 spiro atoms. The van der Waals surface area contributed by atoms with Crippen molar-refractivity contribution >= 4 is 11.8 Å². The Morgan fingerprint density at radius 2 is 1.96 bits per heavy atom. The molecule has 1 aliphatic heterocycles. The largest absolute Gasteiger partial charge is 0.381 e. The number of carbonyl (C=O) groups excluding carboxylic acids is 2. The van der Waals surface area contributed by atoms with Gasteiger partial charge in [-0.3, -0.25) is 9.59 Å². The molecule has 1 fully saturated rings. The number of amides is 2. The smallest absolute Gasteiger partial charge is 0.240 e. The molecule has 0 radical (unpaired) electrons. The van der Waals surface area contributed by atoms with Gasteiger partial charge in [0.05, 0.1) is 12.5 Å². The summed E-state index contributed by atoms with van der Waals surface area (Å²) >= 11 is 0. The Balaban J connectivity index is 2.01.